The minimum atomic E-state index is 0. The van der Waals surface area contributed by atoms with Crippen LogP contribution >= 0.6 is 24.0 Å². The standard InChI is InChI=1S/C17H28N4O.HI/c1-14(13-20-17(18-2)19-10-6-12-22-3)21-11-9-15-7-4-5-8-16(15)21;/h4-5,7-8,14H,6,9-13H2,1-3H3,(H2,18,19,20);1H. The molecule has 1 aromatic rings. The highest BCUT2D eigenvalue weighted by Crippen LogP contribution is 2.28. The Morgan fingerprint density at radius 3 is 2.87 bits per heavy atom. The number of rotatable bonds is 7. The van der Waals surface area contributed by atoms with Crippen molar-refractivity contribution >= 4 is 35.6 Å². The maximum absolute atomic E-state index is 5.05. The Balaban J connectivity index is 0.00000264. The number of benzene rings is 1. The van der Waals surface area contributed by atoms with Crippen molar-refractivity contribution in [1.29, 1.82) is 0 Å². The minimum Gasteiger partial charge on any atom is -0.385 e. The van der Waals surface area contributed by atoms with Crippen LogP contribution in [0.3, 0.4) is 0 Å². The molecule has 0 radical (unpaired) electrons. The van der Waals surface area contributed by atoms with Gasteiger partial charge in [0, 0.05) is 52.1 Å². The van der Waals surface area contributed by atoms with Crippen LogP contribution in [0.4, 0.5) is 5.69 Å². The van der Waals surface area contributed by atoms with Gasteiger partial charge >= 0.3 is 0 Å². The monoisotopic (exact) mass is 432 g/mol. The number of anilines is 1. The van der Waals surface area contributed by atoms with Crippen molar-refractivity contribution in [3.8, 4) is 0 Å². The number of ether oxygens (including phenoxy) is 1. The molecule has 0 saturated heterocycles. The zero-order valence-electron chi connectivity index (χ0n) is 14.3. The summed E-state index contributed by atoms with van der Waals surface area (Å²) in [5, 5.41) is 6.72. The lowest BCUT2D eigenvalue weighted by molar-refractivity contribution is 0.195. The number of hydrogen-bond donors (Lipinski definition) is 2. The third-order valence-corrected chi connectivity index (χ3v) is 4.06. The number of methoxy groups -OCH3 is 1. The Bertz CT molecular complexity index is 495. The van der Waals surface area contributed by atoms with E-state index in [4.69, 9.17) is 4.74 Å². The number of guanidine groups is 1. The van der Waals surface area contributed by atoms with Gasteiger partial charge in [0.1, 0.15) is 0 Å². The Hall–Kier alpha value is -1.02. The van der Waals surface area contributed by atoms with Crippen LogP contribution in [0.15, 0.2) is 29.3 Å². The third kappa shape index (κ3) is 5.84. The van der Waals surface area contributed by atoms with E-state index in [1.807, 2.05) is 7.05 Å². The summed E-state index contributed by atoms with van der Waals surface area (Å²) >= 11 is 0. The second-order valence-electron chi connectivity index (χ2n) is 5.65. The molecular formula is C17H29IN4O. The van der Waals surface area contributed by atoms with Crippen molar-refractivity contribution in [2.45, 2.75) is 25.8 Å². The summed E-state index contributed by atoms with van der Waals surface area (Å²) in [6.07, 6.45) is 2.12. The molecule has 0 aliphatic carbocycles. The maximum atomic E-state index is 5.05. The summed E-state index contributed by atoms with van der Waals surface area (Å²) in [5.74, 6) is 0.857. The molecule has 1 atom stereocenters. The molecule has 23 heavy (non-hydrogen) atoms. The number of hydrogen-bond acceptors (Lipinski definition) is 3. The van der Waals surface area contributed by atoms with Crippen molar-refractivity contribution in [1.82, 2.24) is 10.6 Å². The summed E-state index contributed by atoms with van der Waals surface area (Å²) in [5.41, 5.74) is 2.83. The zero-order valence-corrected chi connectivity index (χ0v) is 16.7. The predicted octanol–water partition coefficient (Wildman–Crippen LogP) is 2.26. The quantitative estimate of drug-likeness (QED) is 0.301. The van der Waals surface area contributed by atoms with E-state index in [2.05, 4.69) is 51.7 Å². The lowest BCUT2D eigenvalue weighted by atomic mass is 10.2. The summed E-state index contributed by atoms with van der Waals surface area (Å²) in [6, 6.07) is 9.12. The van der Waals surface area contributed by atoms with Gasteiger partial charge in [-0.15, -0.1) is 24.0 Å². The van der Waals surface area contributed by atoms with Crippen LogP contribution in [0.5, 0.6) is 0 Å². The van der Waals surface area contributed by atoms with Crippen molar-refractivity contribution in [2.75, 3.05) is 45.3 Å². The molecule has 0 aromatic heterocycles. The predicted molar refractivity (Wildman–Crippen MR) is 108 cm³/mol. The molecule has 0 bridgehead atoms. The number of aliphatic imine (C=N–C) groups is 1. The van der Waals surface area contributed by atoms with Gasteiger partial charge in [0.15, 0.2) is 5.96 Å². The second kappa shape index (κ2) is 10.7. The van der Waals surface area contributed by atoms with Crippen LogP contribution in [-0.2, 0) is 11.2 Å². The number of halogens is 1. The molecular weight excluding hydrogens is 403 g/mol. The van der Waals surface area contributed by atoms with Crippen molar-refractivity contribution in [2.24, 2.45) is 4.99 Å². The van der Waals surface area contributed by atoms with E-state index in [0.717, 1.165) is 45.0 Å². The lowest BCUT2D eigenvalue weighted by Crippen LogP contribution is -2.46. The van der Waals surface area contributed by atoms with Crippen molar-refractivity contribution in [3.05, 3.63) is 29.8 Å². The van der Waals surface area contributed by atoms with Crippen molar-refractivity contribution in [3.63, 3.8) is 0 Å². The van der Waals surface area contributed by atoms with Crippen molar-refractivity contribution < 1.29 is 4.74 Å². The normalized spacial score (nSPS) is 14.9. The number of para-hydroxylation sites is 1. The van der Waals surface area contributed by atoms with Crippen LogP contribution in [0.2, 0.25) is 0 Å². The second-order valence-corrected chi connectivity index (χ2v) is 5.65. The zero-order chi connectivity index (χ0) is 15.8. The van der Waals surface area contributed by atoms with E-state index in [-0.39, 0.29) is 24.0 Å². The van der Waals surface area contributed by atoms with Crippen LogP contribution in [-0.4, -0.2) is 52.4 Å². The first kappa shape index (κ1) is 20.0. The van der Waals surface area contributed by atoms with Crippen LogP contribution in [0, 0.1) is 0 Å². The van der Waals surface area contributed by atoms with Gasteiger partial charge in [0.05, 0.1) is 0 Å². The average Bonchev–Trinajstić information content (AvgIpc) is 2.98. The molecule has 5 nitrogen and oxygen atoms in total. The fraction of sp³-hybridized carbons (Fsp3) is 0.588. The van der Waals surface area contributed by atoms with Gasteiger partial charge in [0.2, 0.25) is 0 Å². The lowest BCUT2D eigenvalue weighted by Gasteiger charge is -2.28. The molecule has 2 N–H and O–H groups in total. The Morgan fingerprint density at radius 1 is 1.35 bits per heavy atom. The van der Waals surface area contributed by atoms with Gasteiger partial charge in [0.25, 0.3) is 0 Å². The highest BCUT2D eigenvalue weighted by atomic mass is 127. The summed E-state index contributed by atoms with van der Waals surface area (Å²) in [4.78, 5) is 6.74. The number of nitrogens with one attached hydrogen (secondary N) is 2. The SMILES string of the molecule is CN=C(NCCCOC)NCC(C)N1CCc2ccccc21.I. The Morgan fingerprint density at radius 2 is 2.13 bits per heavy atom. The maximum Gasteiger partial charge on any atom is 0.191 e. The van der Waals surface area contributed by atoms with Gasteiger partial charge in [-0.05, 0) is 31.4 Å². The van der Waals surface area contributed by atoms with E-state index in [9.17, 15) is 0 Å². The molecule has 1 aliphatic heterocycles. The number of nitrogens with zero attached hydrogens (tertiary/aromatic N) is 2. The van der Waals surface area contributed by atoms with Crippen LogP contribution < -0.4 is 15.5 Å². The first-order valence-electron chi connectivity index (χ1n) is 8.04. The first-order chi connectivity index (χ1) is 10.8. The Labute approximate surface area is 156 Å². The van der Waals surface area contributed by atoms with E-state index < -0.39 is 0 Å². The van der Waals surface area contributed by atoms with Gasteiger partial charge in [-0.3, -0.25) is 4.99 Å². The van der Waals surface area contributed by atoms with E-state index in [1.54, 1.807) is 7.11 Å². The van der Waals surface area contributed by atoms with Gasteiger partial charge < -0.3 is 20.3 Å². The number of fused-ring (bicyclic) bond motifs is 1. The third-order valence-electron chi connectivity index (χ3n) is 4.06. The van der Waals surface area contributed by atoms with Crippen LogP contribution in [0.1, 0.15) is 18.9 Å². The fourth-order valence-corrected chi connectivity index (χ4v) is 2.82. The molecule has 2 rings (SSSR count). The highest BCUT2D eigenvalue weighted by Gasteiger charge is 2.22. The Kier molecular flexibility index (Phi) is 9.31. The molecule has 1 aromatic carbocycles. The molecule has 0 fully saturated rings. The summed E-state index contributed by atoms with van der Waals surface area (Å²) < 4.78 is 5.05. The molecule has 0 saturated carbocycles. The summed E-state index contributed by atoms with van der Waals surface area (Å²) in [7, 11) is 3.53. The summed E-state index contributed by atoms with van der Waals surface area (Å²) in [6.45, 7) is 5.87. The molecule has 1 unspecified atom stereocenters. The molecule has 0 spiro atoms. The van der Waals surface area contributed by atoms with Crippen LogP contribution in [0.25, 0.3) is 0 Å². The van der Waals surface area contributed by atoms with Gasteiger partial charge in [-0.25, -0.2) is 0 Å². The molecule has 130 valence electrons. The fourth-order valence-electron chi connectivity index (χ4n) is 2.82. The van der Waals surface area contributed by atoms with E-state index in [0.29, 0.717) is 6.04 Å². The molecule has 0 amide bonds. The minimum absolute atomic E-state index is 0. The largest absolute Gasteiger partial charge is 0.385 e. The topological polar surface area (TPSA) is 48.9 Å². The smallest absolute Gasteiger partial charge is 0.191 e. The van der Waals surface area contributed by atoms with Gasteiger partial charge in [-0.1, -0.05) is 18.2 Å². The van der Waals surface area contributed by atoms with E-state index >= 15 is 0 Å². The van der Waals surface area contributed by atoms with E-state index in [1.165, 1.54) is 11.3 Å². The molecule has 1 aliphatic rings. The average molecular weight is 432 g/mol. The molecule has 1 heterocycles. The first-order valence-corrected chi connectivity index (χ1v) is 8.04. The highest BCUT2D eigenvalue weighted by molar-refractivity contribution is 14.0. The van der Waals surface area contributed by atoms with Gasteiger partial charge in [-0.2, -0.15) is 0 Å². The molecule has 6 heteroatoms.